The van der Waals surface area contributed by atoms with Gasteiger partial charge in [0, 0.05) is 5.69 Å². The molecular weight excluding hydrogens is 320 g/mol. The third kappa shape index (κ3) is 4.14. The van der Waals surface area contributed by atoms with Gasteiger partial charge in [-0.25, -0.2) is 0 Å². The molecule has 1 N–H and O–H groups in total. The lowest BCUT2D eigenvalue weighted by molar-refractivity contribution is -0.117. The molecule has 142 valence electrons. The van der Waals surface area contributed by atoms with Crippen molar-refractivity contribution >= 4 is 11.6 Å². The highest BCUT2D eigenvalue weighted by molar-refractivity contribution is 5.94. The fourth-order valence-electron chi connectivity index (χ4n) is 5.39. The standard InChI is InChI=1S/C23H34N2O/c26-22(17-25-15-6-1-7-16-25)24-23-20(18-9-2-3-10-18)13-8-14-21(23)19-11-4-5-12-19/h8,13-14,18-19H,1-7,9-12,15-17H2,(H,24,26). The van der Waals surface area contributed by atoms with Gasteiger partial charge >= 0.3 is 0 Å². The van der Waals surface area contributed by atoms with Gasteiger partial charge in [0.05, 0.1) is 6.54 Å². The van der Waals surface area contributed by atoms with Crippen LogP contribution < -0.4 is 5.32 Å². The predicted molar refractivity (Wildman–Crippen MR) is 108 cm³/mol. The maximum absolute atomic E-state index is 12.9. The number of hydrogen-bond acceptors (Lipinski definition) is 2. The van der Waals surface area contributed by atoms with Crippen LogP contribution in [0.4, 0.5) is 5.69 Å². The highest BCUT2D eigenvalue weighted by atomic mass is 16.2. The molecule has 0 unspecified atom stereocenters. The van der Waals surface area contributed by atoms with Crippen LogP contribution in [0.25, 0.3) is 0 Å². The summed E-state index contributed by atoms with van der Waals surface area (Å²) in [5.74, 6) is 1.47. The fourth-order valence-corrected chi connectivity index (χ4v) is 5.39. The largest absolute Gasteiger partial charge is 0.324 e. The minimum absolute atomic E-state index is 0.191. The second-order valence-electron chi connectivity index (χ2n) is 8.66. The van der Waals surface area contributed by atoms with E-state index in [-0.39, 0.29) is 5.91 Å². The van der Waals surface area contributed by atoms with Crippen LogP contribution in [0, 0.1) is 0 Å². The second-order valence-corrected chi connectivity index (χ2v) is 8.66. The maximum Gasteiger partial charge on any atom is 0.238 e. The molecule has 4 rings (SSSR count). The number of carbonyl (C=O) groups excluding carboxylic acids is 1. The SMILES string of the molecule is O=C(CN1CCCCC1)Nc1c(C2CCCC2)cccc1C1CCCC1. The van der Waals surface area contributed by atoms with E-state index in [4.69, 9.17) is 0 Å². The molecule has 26 heavy (non-hydrogen) atoms. The molecular formula is C23H34N2O. The van der Waals surface area contributed by atoms with Crippen molar-refractivity contribution in [2.24, 2.45) is 0 Å². The monoisotopic (exact) mass is 354 g/mol. The van der Waals surface area contributed by atoms with Crippen LogP contribution in [0.15, 0.2) is 18.2 Å². The van der Waals surface area contributed by atoms with Gasteiger partial charge in [-0.3, -0.25) is 9.69 Å². The fraction of sp³-hybridized carbons (Fsp3) is 0.696. The summed E-state index contributed by atoms with van der Waals surface area (Å²) in [6, 6.07) is 6.80. The van der Waals surface area contributed by atoms with Crippen molar-refractivity contribution in [1.29, 1.82) is 0 Å². The molecule has 1 aromatic carbocycles. The zero-order valence-corrected chi connectivity index (χ0v) is 16.1. The van der Waals surface area contributed by atoms with Crippen molar-refractivity contribution in [1.82, 2.24) is 4.90 Å². The normalized spacial score (nSPS) is 22.8. The van der Waals surface area contributed by atoms with E-state index in [0.717, 1.165) is 13.1 Å². The Labute approximate surface area is 158 Å². The third-order valence-electron chi connectivity index (χ3n) is 6.80. The van der Waals surface area contributed by atoms with Crippen LogP contribution in [-0.4, -0.2) is 30.4 Å². The molecule has 1 heterocycles. The van der Waals surface area contributed by atoms with Gasteiger partial charge in [0.15, 0.2) is 0 Å². The molecule has 3 heteroatoms. The average molecular weight is 355 g/mol. The van der Waals surface area contributed by atoms with Crippen molar-refractivity contribution in [3.05, 3.63) is 29.3 Å². The number of para-hydroxylation sites is 1. The van der Waals surface area contributed by atoms with Crippen LogP contribution >= 0.6 is 0 Å². The van der Waals surface area contributed by atoms with E-state index in [1.807, 2.05) is 0 Å². The number of piperidine rings is 1. The number of likely N-dealkylation sites (tertiary alicyclic amines) is 1. The molecule has 2 aliphatic carbocycles. The molecule has 1 aliphatic heterocycles. The number of nitrogens with one attached hydrogen (secondary N) is 1. The Bertz CT molecular complexity index is 574. The lowest BCUT2D eigenvalue weighted by Gasteiger charge is -2.27. The van der Waals surface area contributed by atoms with Crippen LogP contribution in [0.5, 0.6) is 0 Å². The number of anilines is 1. The van der Waals surface area contributed by atoms with Crippen molar-refractivity contribution in [3.8, 4) is 0 Å². The van der Waals surface area contributed by atoms with Gasteiger partial charge in [0.2, 0.25) is 5.91 Å². The van der Waals surface area contributed by atoms with Crippen LogP contribution in [0.2, 0.25) is 0 Å². The van der Waals surface area contributed by atoms with Gasteiger partial charge in [-0.05, 0) is 74.6 Å². The molecule has 3 nitrogen and oxygen atoms in total. The van der Waals surface area contributed by atoms with Gasteiger partial charge in [0.25, 0.3) is 0 Å². The smallest absolute Gasteiger partial charge is 0.238 e. The topological polar surface area (TPSA) is 32.3 Å². The summed E-state index contributed by atoms with van der Waals surface area (Å²) in [5, 5.41) is 3.40. The van der Waals surface area contributed by atoms with E-state index in [9.17, 15) is 4.79 Å². The minimum Gasteiger partial charge on any atom is -0.324 e. The molecule has 2 saturated carbocycles. The van der Waals surface area contributed by atoms with E-state index in [1.165, 1.54) is 87.4 Å². The van der Waals surface area contributed by atoms with Crippen molar-refractivity contribution < 1.29 is 4.79 Å². The number of hydrogen-bond donors (Lipinski definition) is 1. The first-order valence-electron chi connectivity index (χ1n) is 11.0. The van der Waals surface area contributed by atoms with Gasteiger partial charge in [0.1, 0.15) is 0 Å². The number of rotatable bonds is 5. The van der Waals surface area contributed by atoms with Crippen LogP contribution in [0.3, 0.4) is 0 Å². The zero-order chi connectivity index (χ0) is 17.8. The summed E-state index contributed by atoms with van der Waals surface area (Å²) in [6.45, 7) is 2.71. The van der Waals surface area contributed by atoms with Crippen molar-refractivity contribution in [2.75, 3.05) is 25.0 Å². The highest BCUT2D eigenvalue weighted by Gasteiger charge is 2.27. The maximum atomic E-state index is 12.9. The Morgan fingerprint density at radius 3 is 1.92 bits per heavy atom. The lowest BCUT2D eigenvalue weighted by Crippen LogP contribution is -2.37. The summed E-state index contributed by atoms with van der Waals surface area (Å²) in [5.41, 5.74) is 4.02. The van der Waals surface area contributed by atoms with Crippen molar-refractivity contribution in [3.63, 3.8) is 0 Å². The van der Waals surface area contributed by atoms with E-state index in [1.54, 1.807) is 0 Å². The first kappa shape index (κ1) is 18.0. The summed E-state index contributed by atoms with van der Waals surface area (Å²) >= 11 is 0. The van der Waals surface area contributed by atoms with E-state index in [0.29, 0.717) is 18.4 Å². The molecule has 0 radical (unpaired) electrons. The Kier molecular flexibility index (Phi) is 5.94. The highest BCUT2D eigenvalue weighted by Crippen LogP contribution is 2.44. The molecule has 0 bridgehead atoms. The molecule has 1 amide bonds. The number of amides is 1. The van der Waals surface area contributed by atoms with Crippen LogP contribution in [0.1, 0.15) is 93.6 Å². The molecule has 1 aromatic rings. The molecule has 0 spiro atoms. The van der Waals surface area contributed by atoms with Gasteiger partial charge < -0.3 is 5.32 Å². The average Bonchev–Trinajstić information content (AvgIpc) is 3.37. The number of carbonyl (C=O) groups is 1. The predicted octanol–water partition coefficient (Wildman–Crippen LogP) is 5.43. The second kappa shape index (κ2) is 8.56. The van der Waals surface area contributed by atoms with E-state index in [2.05, 4.69) is 28.4 Å². The summed E-state index contributed by atoms with van der Waals surface area (Å²) in [7, 11) is 0. The van der Waals surface area contributed by atoms with Gasteiger partial charge in [-0.1, -0.05) is 50.3 Å². The minimum atomic E-state index is 0.191. The Morgan fingerprint density at radius 2 is 1.38 bits per heavy atom. The molecule has 0 aromatic heterocycles. The first-order valence-corrected chi connectivity index (χ1v) is 11.0. The quantitative estimate of drug-likeness (QED) is 0.765. The lowest BCUT2D eigenvalue weighted by atomic mass is 9.88. The van der Waals surface area contributed by atoms with Gasteiger partial charge in [-0.15, -0.1) is 0 Å². The Balaban J connectivity index is 1.55. The molecule has 3 fully saturated rings. The molecule has 1 saturated heterocycles. The molecule has 0 atom stereocenters. The molecule has 3 aliphatic rings. The Hall–Kier alpha value is -1.35. The van der Waals surface area contributed by atoms with Crippen LogP contribution in [-0.2, 0) is 4.79 Å². The van der Waals surface area contributed by atoms with Gasteiger partial charge in [-0.2, -0.15) is 0 Å². The first-order chi connectivity index (χ1) is 12.8. The van der Waals surface area contributed by atoms with Crippen molar-refractivity contribution in [2.45, 2.75) is 82.5 Å². The Morgan fingerprint density at radius 1 is 0.846 bits per heavy atom. The number of benzene rings is 1. The zero-order valence-electron chi connectivity index (χ0n) is 16.1. The van der Waals surface area contributed by atoms with E-state index >= 15 is 0 Å². The third-order valence-corrected chi connectivity index (χ3v) is 6.80. The van der Waals surface area contributed by atoms with E-state index < -0.39 is 0 Å². The summed E-state index contributed by atoms with van der Waals surface area (Å²) in [6.07, 6.45) is 14.2. The summed E-state index contributed by atoms with van der Waals surface area (Å²) < 4.78 is 0. The summed E-state index contributed by atoms with van der Waals surface area (Å²) in [4.78, 5) is 15.2. The number of nitrogens with zero attached hydrogens (tertiary/aromatic N) is 1.